The van der Waals surface area contributed by atoms with Crippen molar-refractivity contribution in [3.63, 3.8) is 0 Å². The number of halogens is 1. The number of thiazole rings is 1. The van der Waals surface area contributed by atoms with Crippen LogP contribution in [0.2, 0.25) is 0 Å². The first kappa shape index (κ1) is 16.7. The van der Waals surface area contributed by atoms with E-state index in [9.17, 15) is 0 Å². The van der Waals surface area contributed by atoms with Crippen LogP contribution in [0, 0.1) is 5.92 Å². The number of nitrogens with zero attached hydrogens (tertiary/aromatic N) is 1. The molecule has 2 aromatic rings. The highest BCUT2D eigenvalue weighted by atomic mass is 79.9. The van der Waals surface area contributed by atoms with Crippen LogP contribution in [0.5, 0.6) is 0 Å². The van der Waals surface area contributed by atoms with Crippen molar-refractivity contribution in [3.8, 4) is 0 Å². The highest BCUT2D eigenvalue weighted by molar-refractivity contribution is 9.10. The monoisotopic (exact) mass is 366 g/mol. The Morgan fingerprint density at radius 2 is 2.14 bits per heavy atom. The molecule has 1 heterocycles. The van der Waals surface area contributed by atoms with E-state index in [2.05, 4.69) is 66.3 Å². The zero-order valence-corrected chi connectivity index (χ0v) is 15.4. The van der Waals surface area contributed by atoms with Gasteiger partial charge < -0.3 is 5.32 Å². The summed E-state index contributed by atoms with van der Waals surface area (Å²) in [4.78, 5) is 6.29. The van der Waals surface area contributed by atoms with Gasteiger partial charge in [0.05, 0.1) is 10.7 Å². The summed E-state index contributed by atoms with van der Waals surface area (Å²) in [5.41, 5.74) is 2.59. The maximum absolute atomic E-state index is 4.89. The van der Waals surface area contributed by atoms with Crippen LogP contribution in [0.4, 0.5) is 0 Å². The summed E-state index contributed by atoms with van der Waals surface area (Å²) >= 11 is 5.39. The van der Waals surface area contributed by atoms with Gasteiger partial charge in [-0.25, -0.2) is 4.98 Å². The van der Waals surface area contributed by atoms with Crippen LogP contribution in [0.1, 0.15) is 41.9 Å². The molecular weight excluding hydrogens is 344 g/mol. The van der Waals surface area contributed by atoms with E-state index < -0.39 is 0 Å². The predicted octanol–water partition coefficient (Wildman–Crippen LogP) is 4.80. The lowest BCUT2D eigenvalue weighted by Gasteiger charge is -2.05. The Kier molecular flexibility index (Phi) is 6.40. The minimum atomic E-state index is 0.645. The third-order valence-corrected chi connectivity index (χ3v) is 4.79. The van der Waals surface area contributed by atoms with Gasteiger partial charge in [0.15, 0.2) is 0 Å². The molecule has 0 unspecified atom stereocenters. The second kappa shape index (κ2) is 8.06. The van der Waals surface area contributed by atoms with Gasteiger partial charge in [0.25, 0.3) is 0 Å². The topological polar surface area (TPSA) is 24.9 Å². The molecule has 0 saturated carbocycles. The third kappa shape index (κ3) is 5.20. The van der Waals surface area contributed by atoms with Crippen molar-refractivity contribution < 1.29 is 0 Å². The van der Waals surface area contributed by atoms with Crippen LogP contribution < -0.4 is 5.32 Å². The summed E-state index contributed by atoms with van der Waals surface area (Å²) in [5, 5.41) is 4.65. The highest BCUT2D eigenvalue weighted by Gasteiger charge is 2.12. The van der Waals surface area contributed by atoms with Gasteiger partial charge >= 0.3 is 0 Å². The lowest BCUT2D eigenvalue weighted by atomic mass is 10.1. The molecule has 0 spiro atoms. The van der Waals surface area contributed by atoms with Gasteiger partial charge in [-0.2, -0.15) is 0 Å². The van der Waals surface area contributed by atoms with Crippen molar-refractivity contribution in [2.24, 2.45) is 5.92 Å². The minimum Gasteiger partial charge on any atom is -0.312 e. The van der Waals surface area contributed by atoms with E-state index in [0.717, 1.165) is 30.4 Å². The SMILES string of the molecule is CCNCc1sc(Cc2cccc(Br)c2)nc1CC(C)C. The zero-order valence-electron chi connectivity index (χ0n) is 12.9. The van der Waals surface area contributed by atoms with Crippen molar-refractivity contribution in [2.75, 3.05) is 6.54 Å². The highest BCUT2D eigenvalue weighted by Crippen LogP contribution is 2.24. The van der Waals surface area contributed by atoms with E-state index in [-0.39, 0.29) is 0 Å². The summed E-state index contributed by atoms with van der Waals surface area (Å²) < 4.78 is 1.13. The van der Waals surface area contributed by atoms with E-state index in [1.807, 2.05) is 11.3 Å². The number of benzene rings is 1. The van der Waals surface area contributed by atoms with E-state index >= 15 is 0 Å². The van der Waals surface area contributed by atoms with Crippen molar-refractivity contribution in [1.29, 1.82) is 0 Å². The number of hydrogen-bond donors (Lipinski definition) is 1. The normalized spacial score (nSPS) is 11.3. The molecule has 0 aliphatic heterocycles. The summed E-state index contributed by atoms with van der Waals surface area (Å²) in [7, 11) is 0. The molecule has 1 N–H and O–H groups in total. The molecule has 0 amide bonds. The quantitative estimate of drug-likeness (QED) is 0.760. The molecular formula is C17H23BrN2S. The maximum Gasteiger partial charge on any atom is 0.0975 e. The molecule has 0 aliphatic rings. The lowest BCUT2D eigenvalue weighted by Crippen LogP contribution is -2.12. The molecule has 1 aromatic carbocycles. The number of rotatable bonds is 7. The molecule has 114 valence electrons. The Morgan fingerprint density at radius 3 is 2.81 bits per heavy atom. The average molecular weight is 367 g/mol. The molecule has 0 atom stereocenters. The first-order valence-electron chi connectivity index (χ1n) is 7.51. The summed E-state index contributed by atoms with van der Waals surface area (Å²) in [6, 6.07) is 8.49. The van der Waals surface area contributed by atoms with Gasteiger partial charge in [-0.15, -0.1) is 11.3 Å². The van der Waals surface area contributed by atoms with Crippen molar-refractivity contribution >= 4 is 27.3 Å². The van der Waals surface area contributed by atoms with Crippen molar-refractivity contribution in [3.05, 3.63) is 49.9 Å². The molecule has 0 aliphatic carbocycles. The van der Waals surface area contributed by atoms with Gasteiger partial charge in [0.2, 0.25) is 0 Å². The summed E-state index contributed by atoms with van der Waals surface area (Å²) in [6.07, 6.45) is 1.98. The minimum absolute atomic E-state index is 0.645. The first-order valence-corrected chi connectivity index (χ1v) is 9.12. The zero-order chi connectivity index (χ0) is 15.2. The third-order valence-electron chi connectivity index (χ3n) is 3.20. The summed E-state index contributed by atoms with van der Waals surface area (Å²) in [6.45, 7) is 8.59. The van der Waals surface area contributed by atoms with Crippen molar-refractivity contribution in [1.82, 2.24) is 10.3 Å². The van der Waals surface area contributed by atoms with Crippen LogP contribution >= 0.6 is 27.3 Å². The van der Waals surface area contributed by atoms with Crippen LogP contribution in [-0.4, -0.2) is 11.5 Å². The van der Waals surface area contributed by atoms with Gasteiger partial charge in [0, 0.05) is 22.3 Å². The first-order chi connectivity index (χ1) is 10.1. The van der Waals surface area contributed by atoms with E-state index in [4.69, 9.17) is 4.98 Å². The maximum atomic E-state index is 4.89. The lowest BCUT2D eigenvalue weighted by molar-refractivity contribution is 0.626. The smallest absolute Gasteiger partial charge is 0.0975 e. The molecule has 2 rings (SSSR count). The summed E-state index contributed by atoms with van der Waals surface area (Å²) in [5.74, 6) is 0.645. The van der Waals surface area contributed by atoms with Crippen molar-refractivity contribution in [2.45, 2.75) is 40.2 Å². The Balaban J connectivity index is 2.17. The van der Waals surface area contributed by atoms with E-state index in [0.29, 0.717) is 5.92 Å². The van der Waals surface area contributed by atoms with Gasteiger partial charge in [-0.05, 0) is 36.6 Å². The number of hydrogen-bond acceptors (Lipinski definition) is 3. The van der Waals surface area contributed by atoms with Gasteiger partial charge in [0.1, 0.15) is 0 Å². The number of nitrogens with one attached hydrogen (secondary N) is 1. The van der Waals surface area contributed by atoms with E-state index in [1.165, 1.54) is 21.1 Å². The number of aromatic nitrogens is 1. The second-order valence-electron chi connectivity index (χ2n) is 5.66. The van der Waals surface area contributed by atoms with E-state index in [1.54, 1.807) is 0 Å². The van der Waals surface area contributed by atoms with Gasteiger partial charge in [-0.3, -0.25) is 0 Å². The molecule has 0 fully saturated rings. The predicted molar refractivity (Wildman–Crippen MR) is 95.0 cm³/mol. The molecule has 1 aromatic heterocycles. The van der Waals surface area contributed by atoms with Crippen LogP contribution in [-0.2, 0) is 19.4 Å². The van der Waals surface area contributed by atoms with Crippen LogP contribution in [0.3, 0.4) is 0 Å². The Bertz CT molecular complexity index is 578. The molecule has 21 heavy (non-hydrogen) atoms. The van der Waals surface area contributed by atoms with Crippen LogP contribution in [0.15, 0.2) is 28.7 Å². The second-order valence-corrected chi connectivity index (χ2v) is 7.75. The van der Waals surface area contributed by atoms with Gasteiger partial charge in [-0.1, -0.05) is 48.8 Å². The average Bonchev–Trinajstić information content (AvgIpc) is 2.77. The fraction of sp³-hybridized carbons (Fsp3) is 0.471. The Hall–Kier alpha value is -0.710. The largest absolute Gasteiger partial charge is 0.312 e. The molecule has 4 heteroatoms. The fourth-order valence-corrected chi connectivity index (χ4v) is 3.80. The fourth-order valence-electron chi connectivity index (χ4n) is 2.26. The molecule has 0 radical (unpaired) electrons. The Labute approximate surface area is 140 Å². The molecule has 0 bridgehead atoms. The standard InChI is InChI=1S/C17H23BrN2S/c1-4-19-11-16-15(8-12(2)3)20-17(21-16)10-13-6-5-7-14(18)9-13/h5-7,9,12,19H,4,8,10-11H2,1-3H3. The van der Waals surface area contributed by atoms with Crippen LogP contribution in [0.25, 0.3) is 0 Å². The molecule has 2 nitrogen and oxygen atoms in total. The molecule has 0 saturated heterocycles. The Morgan fingerprint density at radius 1 is 1.33 bits per heavy atom.